The Morgan fingerprint density at radius 3 is 1.55 bits per heavy atom. The molecule has 4 nitrogen and oxygen atoms in total. The van der Waals surface area contributed by atoms with Crippen LogP contribution in [0.25, 0.3) is 0 Å². The molecule has 0 aliphatic carbocycles. The average molecular weight is 589 g/mol. The number of hydrogen-bond acceptors (Lipinski definition) is 3. The van der Waals surface area contributed by atoms with Crippen LogP contribution in [0.15, 0.2) is 36.5 Å². The fourth-order valence-corrected chi connectivity index (χ4v) is 5.26. The van der Waals surface area contributed by atoms with Crippen molar-refractivity contribution >= 4 is 11.9 Å². The van der Waals surface area contributed by atoms with Gasteiger partial charge in [0.2, 0.25) is 0 Å². The summed E-state index contributed by atoms with van der Waals surface area (Å²) in [4.78, 5) is 23.1. The van der Waals surface area contributed by atoms with Crippen LogP contribution in [-0.4, -0.2) is 23.1 Å². The molecular weight excluding hydrogens is 520 g/mol. The van der Waals surface area contributed by atoms with E-state index < -0.39 is 5.97 Å². The fourth-order valence-electron chi connectivity index (χ4n) is 5.26. The van der Waals surface area contributed by atoms with E-state index >= 15 is 0 Å². The highest BCUT2D eigenvalue weighted by atomic mass is 16.5. The van der Waals surface area contributed by atoms with Crippen LogP contribution in [0.4, 0.5) is 0 Å². The van der Waals surface area contributed by atoms with Gasteiger partial charge in [-0.3, -0.25) is 9.59 Å². The number of aliphatic carboxylic acids is 1. The Bertz CT molecular complexity index is 679. The highest BCUT2D eigenvalue weighted by Gasteiger charge is 2.14. The van der Waals surface area contributed by atoms with Crippen LogP contribution in [0.2, 0.25) is 0 Å². The number of rotatable bonds is 32. The highest BCUT2D eigenvalue weighted by Crippen LogP contribution is 2.18. The Labute approximate surface area is 260 Å². The van der Waals surface area contributed by atoms with Crippen molar-refractivity contribution in [1.29, 1.82) is 0 Å². The maximum Gasteiger partial charge on any atom is 0.306 e. The van der Waals surface area contributed by atoms with Gasteiger partial charge in [-0.2, -0.15) is 0 Å². The molecule has 0 aromatic carbocycles. The van der Waals surface area contributed by atoms with Gasteiger partial charge in [0, 0.05) is 12.8 Å². The molecule has 0 aliphatic rings. The van der Waals surface area contributed by atoms with Crippen LogP contribution in [0, 0.1) is 0 Å². The average Bonchev–Trinajstić information content (AvgIpc) is 2.97. The van der Waals surface area contributed by atoms with E-state index in [2.05, 4.69) is 50.3 Å². The normalized spacial score (nSPS) is 12.6. The molecule has 0 amide bonds. The lowest BCUT2D eigenvalue weighted by Crippen LogP contribution is -2.18. The minimum atomic E-state index is -0.689. The number of allylic oxidation sites excluding steroid dienone is 6. The predicted octanol–water partition coefficient (Wildman–Crippen LogP) is 12.2. The molecule has 0 aliphatic heterocycles. The molecule has 0 aromatic rings. The lowest BCUT2D eigenvalue weighted by atomic mass is 10.0. The molecule has 42 heavy (non-hydrogen) atoms. The molecule has 0 rings (SSSR count). The molecule has 0 saturated heterocycles. The highest BCUT2D eigenvalue weighted by molar-refractivity contribution is 5.69. The van der Waals surface area contributed by atoms with E-state index in [0.29, 0.717) is 12.8 Å². The number of unbranched alkanes of at least 4 members (excludes halogenated alkanes) is 17. The van der Waals surface area contributed by atoms with Crippen LogP contribution < -0.4 is 0 Å². The van der Waals surface area contributed by atoms with Crippen molar-refractivity contribution in [2.24, 2.45) is 0 Å². The molecule has 1 N–H and O–H groups in total. The molecule has 0 spiro atoms. The summed E-state index contributed by atoms with van der Waals surface area (Å²) in [5.74, 6) is -0.684. The first-order chi connectivity index (χ1) is 20.6. The van der Waals surface area contributed by atoms with Gasteiger partial charge in [-0.1, -0.05) is 140 Å². The standard InChI is InChI=1S/C38H68O4/c1-3-5-7-9-10-11-12-13-14-15-16-17-18-19-23-27-31-35-38(41)42-36(32-28-24-8-6-4-2)33-29-25-21-20-22-26-30-34-37(39)40/h5,7,10-11,13-14,36H,3-4,6,8-9,12,15-35H2,1-2H3,(H,39,40)/b7-5-,11-10-,14-13-. The van der Waals surface area contributed by atoms with Crippen LogP contribution in [-0.2, 0) is 14.3 Å². The lowest BCUT2D eigenvalue weighted by Gasteiger charge is -2.18. The topological polar surface area (TPSA) is 63.6 Å². The van der Waals surface area contributed by atoms with Crippen molar-refractivity contribution < 1.29 is 19.4 Å². The number of carboxylic acids is 1. The molecule has 0 radical (unpaired) electrons. The number of hydrogen-bond donors (Lipinski definition) is 1. The third-order valence-electron chi connectivity index (χ3n) is 7.88. The number of carbonyl (C=O) groups excluding carboxylic acids is 1. The van der Waals surface area contributed by atoms with Crippen molar-refractivity contribution in [2.45, 2.75) is 193 Å². The van der Waals surface area contributed by atoms with E-state index in [-0.39, 0.29) is 12.1 Å². The Morgan fingerprint density at radius 2 is 1.00 bits per heavy atom. The first-order valence-corrected chi connectivity index (χ1v) is 18.0. The van der Waals surface area contributed by atoms with Gasteiger partial charge in [-0.25, -0.2) is 0 Å². The summed E-state index contributed by atoms with van der Waals surface area (Å²) in [5.41, 5.74) is 0. The van der Waals surface area contributed by atoms with Crippen molar-refractivity contribution in [1.82, 2.24) is 0 Å². The zero-order valence-corrected chi connectivity index (χ0v) is 27.8. The van der Waals surface area contributed by atoms with Crippen LogP contribution >= 0.6 is 0 Å². The van der Waals surface area contributed by atoms with E-state index in [9.17, 15) is 9.59 Å². The monoisotopic (exact) mass is 589 g/mol. The van der Waals surface area contributed by atoms with Crippen molar-refractivity contribution in [3.8, 4) is 0 Å². The van der Waals surface area contributed by atoms with E-state index in [1.54, 1.807) is 0 Å². The van der Waals surface area contributed by atoms with E-state index in [4.69, 9.17) is 9.84 Å². The summed E-state index contributed by atoms with van der Waals surface area (Å²) in [7, 11) is 0. The van der Waals surface area contributed by atoms with E-state index in [1.807, 2.05) is 0 Å². The van der Waals surface area contributed by atoms with E-state index in [0.717, 1.165) is 77.0 Å². The second-order valence-electron chi connectivity index (χ2n) is 12.0. The molecule has 0 bridgehead atoms. The molecule has 1 atom stereocenters. The molecular formula is C38H68O4. The summed E-state index contributed by atoms with van der Waals surface area (Å²) in [6.45, 7) is 4.41. The fraction of sp³-hybridized carbons (Fsp3) is 0.789. The number of esters is 1. The third kappa shape index (κ3) is 32.7. The SMILES string of the molecule is CC/C=C\C/C=C\C/C=C\CCCCCCCCCC(=O)OC(CCCCCCC)CCCCCCCCCC(=O)O. The van der Waals surface area contributed by atoms with Gasteiger partial charge >= 0.3 is 11.9 Å². The zero-order chi connectivity index (χ0) is 30.8. The van der Waals surface area contributed by atoms with Gasteiger partial charge in [0.25, 0.3) is 0 Å². The Morgan fingerprint density at radius 1 is 0.548 bits per heavy atom. The molecule has 244 valence electrons. The molecule has 0 fully saturated rings. The Kier molecular flexibility index (Phi) is 32.2. The van der Waals surface area contributed by atoms with E-state index in [1.165, 1.54) is 83.5 Å². The predicted molar refractivity (Wildman–Crippen MR) is 181 cm³/mol. The van der Waals surface area contributed by atoms with Gasteiger partial charge in [0.15, 0.2) is 0 Å². The molecule has 0 saturated carbocycles. The molecule has 0 aromatic heterocycles. The van der Waals surface area contributed by atoms with Crippen molar-refractivity contribution in [2.75, 3.05) is 0 Å². The summed E-state index contributed by atoms with van der Waals surface area (Å²) >= 11 is 0. The maximum absolute atomic E-state index is 12.6. The number of ether oxygens (including phenoxy) is 1. The van der Waals surface area contributed by atoms with Gasteiger partial charge in [0.05, 0.1) is 0 Å². The van der Waals surface area contributed by atoms with Gasteiger partial charge in [-0.15, -0.1) is 0 Å². The third-order valence-corrected chi connectivity index (χ3v) is 7.88. The van der Waals surface area contributed by atoms with Crippen LogP contribution in [0.5, 0.6) is 0 Å². The Balaban J connectivity index is 3.89. The van der Waals surface area contributed by atoms with Gasteiger partial charge in [0.1, 0.15) is 6.10 Å². The van der Waals surface area contributed by atoms with Crippen molar-refractivity contribution in [3.63, 3.8) is 0 Å². The summed E-state index contributed by atoms with van der Waals surface area (Å²) < 4.78 is 5.96. The Hall–Kier alpha value is -1.84. The maximum atomic E-state index is 12.6. The van der Waals surface area contributed by atoms with Crippen LogP contribution in [0.1, 0.15) is 187 Å². The second kappa shape index (κ2) is 33.7. The smallest absolute Gasteiger partial charge is 0.306 e. The molecule has 1 unspecified atom stereocenters. The quantitative estimate of drug-likeness (QED) is 0.0482. The molecule has 4 heteroatoms. The largest absolute Gasteiger partial charge is 0.481 e. The van der Waals surface area contributed by atoms with Gasteiger partial charge < -0.3 is 9.84 Å². The first-order valence-electron chi connectivity index (χ1n) is 18.0. The van der Waals surface area contributed by atoms with Crippen LogP contribution in [0.3, 0.4) is 0 Å². The lowest BCUT2D eigenvalue weighted by molar-refractivity contribution is -0.150. The zero-order valence-electron chi connectivity index (χ0n) is 27.8. The first kappa shape index (κ1) is 40.2. The second-order valence-corrected chi connectivity index (χ2v) is 12.0. The minimum Gasteiger partial charge on any atom is -0.481 e. The van der Waals surface area contributed by atoms with Crippen molar-refractivity contribution in [3.05, 3.63) is 36.5 Å². The number of carboxylic acid groups (broad SMARTS) is 1. The van der Waals surface area contributed by atoms with Gasteiger partial charge in [-0.05, 0) is 70.6 Å². The summed E-state index contributed by atoms with van der Waals surface area (Å²) in [6.07, 6.45) is 43.1. The minimum absolute atomic E-state index is 0.00560. The number of carbonyl (C=O) groups is 2. The summed E-state index contributed by atoms with van der Waals surface area (Å²) in [5, 5.41) is 8.72. The molecule has 0 heterocycles. The summed E-state index contributed by atoms with van der Waals surface area (Å²) in [6, 6.07) is 0.